The number of aliphatic hydroxyl groups is 6. The van der Waals surface area contributed by atoms with Crippen molar-refractivity contribution in [3.63, 3.8) is 0 Å². The molecule has 0 amide bonds. The van der Waals surface area contributed by atoms with Gasteiger partial charge in [-0.15, -0.1) is 0 Å². The maximum atomic E-state index is 13.5. The fraction of sp³-hybridized carbons (Fsp3) is 0.926. The van der Waals surface area contributed by atoms with Crippen LogP contribution in [0.3, 0.4) is 0 Å². The number of carboxylic acid groups (broad SMARTS) is 1. The average Bonchev–Trinajstić information content (AvgIpc) is 3.13. The Hall–Kier alpha value is -1.18. The molecule has 5 fully saturated rings. The number of ether oxygens (including phenoxy) is 2. The van der Waals surface area contributed by atoms with E-state index in [9.17, 15) is 45.3 Å². The van der Waals surface area contributed by atoms with Crippen LogP contribution in [-0.2, 0) is 19.1 Å². The van der Waals surface area contributed by atoms with Crippen molar-refractivity contribution in [2.24, 2.45) is 34.5 Å². The van der Waals surface area contributed by atoms with Gasteiger partial charge in [-0.3, -0.25) is 4.79 Å². The number of ketones is 1. The van der Waals surface area contributed by atoms with E-state index in [0.717, 1.165) is 25.7 Å². The van der Waals surface area contributed by atoms with E-state index in [2.05, 4.69) is 6.92 Å². The number of hydrogen-bond acceptors (Lipinski definition) is 10. The third-order valence-corrected chi connectivity index (χ3v) is 11.4. The number of hydrogen-bond donors (Lipinski definition) is 7. The largest absolute Gasteiger partial charge is 0.479 e. The minimum atomic E-state index is -1.88. The first-order valence-electron chi connectivity index (χ1n) is 13.9. The minimum absolute atomic E-state index is 0.0133. The normalized spacial score (nSPS) is 54.5. The van der Waals surface area contributed by atoms with Crippen LogP contribution >= 0.6 is 0 Å². The highest BCUT2D eigenvalue weighted by molar-refractivity contribution is 5.89. The van der Waals surface area contributed by atoms with Gasteiger partial charge in [0.15, 0.2) is 18.2 Å². The molecule has 0 spiro atoms. The number of Topliss-reactive ketones (excluding diaryl/α,β-unsaturated/α-hetero) is 1. The SMILES string of the molecule is C[C@]12CC[C@@H](O)CC1CC[C@@H]1[C@@H]2[C@@H](O)C[C@@]2(C)[C@H]1CC[C@]2(O)C(=O)COC1O[C@H](C(=O)O)[C@@H](O)[C@H](O)[C@H]1O. The van der Waals surface area contributed by atoms with Crippen molar-refractivity contribution >= 4 is 11.8 Å². The molecular formula is C27H42O11. The van der Waals surface area contributed by atoms with Crippen LogP contribution in [0.5, 0.6) is 0 Å². The van der Waals surface area contributed by atoms with Gasteiger partial charge in [-0.05, 0) is 80.5 Å². The van der Waals surface area contributed by atoms with Crippen LogP contribution in [0.15, 0.2) is 0 Å². The lowest BCUT2D eigenvalue weighted by molar-refractivity contribution is -0.293. The summed E-state index contributed by atoms with van der Waals surface area (Å²) in [4.78, 5) is 24.8. The molecule has 11 heteroatoms. The predicted octanol–water partition coefficient (Wildman–Crippen LogP) is -0.430. The van der Waals surface area contributed by atoms with Crippen molar-refractivity contribution in [3.05, 3.63) is 0 Å². The third-order valence-electron chi connectivity index (χ3n) is 11.4. The molecule has 5 rings (SSSR count). The number of aliphatic hydroxyl groups excluding tert-OH is 5. The average molecular weight is 543 g/mol. The second-order valence-electron chi connectivity index (χ2n) is 13.1. The molecule has 0 bridgehead atoms. The summed E-state index contributed by atoms with van der Waals surface area (Å²) < 4.78 is 10.5. The van der Waals surface area contributed by atoms with Gasteiger partial charge in [0, 0.05) is 5.41 Å². The Kier molecular flexibility index (Phi) is 7.26. The summed E-state index contributed by atoms with van der Waals surface area (Å²) >= 11 is 0. The van der Waals surface area contributed by atoms with Crippen molar-refractivity contribution in [2.45, 2.75) is 114 Å². The van der Waals surface area contributed by atoms with Crippen molar-refractivity contribution in [1.29, 1.82) is 0 Å². The van der Waals surface area contributed by atoms with Crippen molar-refractivity contribution in [1.82, 2.24) is 0 Å². The molecule has 4 saturated carbocycles. The monoisotopic (exact) mass is 542 g/mol. The quantitative estimate of drug-likeness (QED) is 0.238. The number of carbonyl (C=O) groups is 2. The highest BCUT2D eigenvalue weighted by Crippen LogP contribution is 2.68. The number of fused-ring (bicyclic) bond motifs is 5. The Balaban J connectivity index is 1.32. The van der Waals surface area contributed by atoms with E-state index >= 15 is 0 Å². The predicted molar refractivity (Wildman–Crippen MR) is 129 cm³/mol. The molecule has 0 aromatic heterocycles. The van der Waals surface area contributed by atoms with Crippen LogP contribution in [0.25, 0.3) is 0 Å². The molecule has 1 heterocycles. The standard InChI is InChI=1S/C27H42O11/c1-25-7-5-13(28)9-12(25)3-4-14-15-6-8-27(36,26(15,2)10-16(29)18(14)25)17(30)11-37-24-21(33)19(31)20(32)22(38-24)23(34)35/h12-16,18-22,24,28-29,31-33,36H,3-11H2,1-2H3,(H,34,35)/t12?,13-,14+,15+,16+,18-,19+,20+,21-,22+,24?,25+,26+,27+/m1/s1. The second-order valence-corrected chi connectivity index (χ2v) is 13.1. The smallest absolute Gasteiger partial charge is 0.335 e. The van der Waals surface area contributed by atoms with Gasteiger partial charge in [0.05, 0.1) is 12.2 Å². The van der Waals surface area contributed by atoms with Gasteiger partial charge in [0.1, 0.15) is 30.5 Å². The van der Waals surface area contributed by atoms with Gasteiger partial charge in [-0.2, -0.15) is 0 Å². The van der Waals surface area contributed by atoms with Crippen LogP contribution in [-0.4, -0.2) is 103 Å². The zero-order chi connectivity index (χ0) is 27.8. The maximum Gasteiger partial charge on any atom is 0.335 e. The topological polar surface area (TPSA) is 194 Å². The molecule has 0 aromatic rings. The number of carbonyl (C=O) groups excluding carboxylic acids is 1. The maximum absolute atomic E-state index is 13.5. The van der Waals surface area contributed by atoms with E-state index in [1.165, 1.54) is 0 Å². The van der Waals surface area contributed by atoms with Gasteiger partial charge in [0.25, 0.3) is 0 Å². The van der Waals surface area contributed by atoms with E-state index in [1.807, 2.05) is 6.92 Å². The van der Waals surface area contributed by atoms with Gasteiger partial charge in [0.2, 0.25) is 0 Å². The van der Waals surface area contributed by atoms with Gasteiger partial charge in [-0.25, -0.2) is 4.79 Å². The molecule has 216 valence electrons. The first-order valence-corrected chi connectivity index (χ1v) is 13.9. The van der Waals surface area contributed by atoms with Crippen LogP contribution < -0.4 is 0 Å². The molecular weight excluding hydrogens is 500 g/mol. The summed E-state index contributed by atoms with van der Waals surface area (Å²) in [7, 11) is 0. The van der Waals surface area contributed by atoms with Crippen molar-refractivity contribution < 1.29 is 54.8 Å². The molecule has 0 radical (unpaired) electrons. The first-order chi connectivity index (χ1) is 17.7. The highest BCUT2D eigenvalue weighted by atomic mass is 16.7. The Bertz CT molecular complexity index is 944. The first kappa shape index (κ1) is 28.4. The molecule has 4 aliphatic carbocycles. The van der Waals surface area contributed by atoms with Crippen LogP contribution in [0.4, 0.5) is 0 Å². The Morgan fingerprint density at radius 2 is 1.66 bits per heavy atom. The number of rotatable bonds is 5. The number of aliphatic carboxylic acids is 1. The van der Waals surface area contributed by atoms with Crippen LogP contribution in [0, 0.1) is 34.5 Å². The summed E-state index contributed by atoms with van der Waals surface area (Å²) in [6, 6.07) is 0. The zero-order valence-corrected chi connectivity index (χ0v) is 22.0. The van der Waals surface area contributed by atoms with Gasteiger partial charge in [-0.1, -0.05) is 13.8 Å². The van der Waals surface area contributed by atoms with Gasteiger partial charge >= 0.3 is 5.97 Å². The van der Waals surface area contributed by atoms with E-state index in [1.54, 1.807) is 0 Å². The van der Waals surface area contributed by atoms with E-state index in [4.69, 9.17) is 9.47 Å². The molecule has 14 atom stereocenters. The lowest BCUT2D eigenvalue weighted by atomic mass is 9.43. The van der Waals surface area contributed by atoms with E-state index in [0.29, 0.717) is 18.8 Å². The molecule has 38 heavy (non-hydrogen) atoms. The summed E-state index contributed by atoms with van der Waals surface area (Å²) in [6.07, 6.45) is -4.90. The Morgan fingerprint density at radius 3 is 2.34 bits per heavy atom. The lowest BCUT2D eigenvalue weighted by Crippen LogP contribution is -2.63. The van der Waals surface area contributed by atoms with E-state index in [-0.39, 0.29) is 42.1 Å². The van der Waals surface area contributed by atoms with Crippen molar-refractivity contribution in [2.75, 3.05) is 6.61 Å². The summed E-state index contributed by atoms with van der Waals surface area (Å²) in [6.45, 7) is 3.39. The van der Waals surface area contributed by atoms with Crippen LogP contribution in [0.1, 0.15) is 65.2 Å². The fourth-order valence-corrected chi connectivity index (χ4v) is 9.29. The molecule has 5 aliphatic rings. The third kappa shape index (κ3) is 4.08. The van der Waals surface area contributed by atoms with E-state index < -0.39 is 66.2 Å². The second kappa shape index (κ2) is 9.73. The van der Waals surface area contributed by atoms with Crippen LogP contribution in [0.2, 0.25) is 0 Å². The summed E-state index contributed by atoms with van der Waals surface area (Å²) in [5, 5.41) is 72.9. The Morgan fingerprint density at radius 1 is 0.947 bits per heavy atom. The molecule has 7 N–H and O–H groups in total. The molecule has 2 unspecified atom stereocenters. The zero-order valence-electron chi connectivity index (χ0n) is 22.0. The molecule has 0 aromatic carbocycles. The number of carboxylic acids is 1. The minimum Gasteiger partial charge on any atom is -0.479 e. The molecule has 1 aliphatic heterocycles. The highest BCUT2D eigenvalue weighted by Gasteiger charge is 2.68. The lowest BCUT2D eigenvalue weighted by Gasteiger charge is -2.62. The summed E-state index contributed by atoms with van der Waals surface area (Å²) in [5.41, 5.74) is -2.80. The molecule has 1 saturated heterocycles. The molecule has 11 nitrogen and oxygen atoms in total. The Labute approximate surface area is 221 Å². The van der Waals surface area contributed by atoms with Gasteiger partial charge < -0.3 is 45.2 Å². The fourth-order valence-electron chi connectivity index (χ4n) is 9.29. The van der Waals surface area contributed by atoms with Crippen molar-refractivity contribution in [3.8, 4) is 0 Å². The summed E-state index contributed by atoms with van der Waals surface area (Å²) in [5.74, 6) is -1.69.